The van der Waals surface area contributed by atoms with E-state index in [0.29, 0.717) is 5.75 Å². The molecule has 1 amide bonds. The van der Waals surface area contributed by atoms with Crippen LogP contribution in [0.1, 0.15) is 12.1 Å². The fourth-order valence-electron chi connectivity index (χ4n) is 1.87. The number of aromatic nitrogens is 1. The van der Waals surface area contributed by atoms with Gasteiger partial charge in [0, 0.05) is 25.3 Å². The molecule has 5 nitrogen and oxygen atoms in total. The van der Waals surface area contributed by atoms with Gasteiger partial charge in [0.1, 0.15) is 5.75 Å². The zero-order chi connectivity index (χ0) is 12.8. The van der Waals surface area contributed by atoms with Gasteiger partial charge in [0.25, 0.3) is 5.91 Å². The second kappa shape index (κ2) is 6.35. The van der Waals surface area contributed by atoms with Crippen molar-refractivity contribution in [2.75, 3.05) is 32.8 Å². The summed E-state index contributed by atoms with van der Waals surface area (Å²) < 4.78 is 5.44. The van der Waals surface area contributed by atoms with Crippen molar-refractivity contribution in [3.8, 4) is 5.75 Å². The molecule has 0 atom stereocenters. The summed E-state index contributed by atoms with van der Waals surface area (Å²) in [6.07, 6.45) is 2.64. The van der Waals surface area contributed by atoms with E-state index in [1.807, 2.05) is 24.0 Å². The molecule has 1 fully saturated rings. The molecule has 1 saturated heterocycles. The maximum absolute atomic E-state index is 11.9. The molecule has 2 heterocycles. The summed E-state index contributed by atoms with van der Waals surface area (Å²) in [5.41, 5.74) is 0.937. The summed E-state index contributed by atoms with van der Waals surface area (Å²) in [7, 11) is 0. The Kier molecular flexibility index (Phi) is 4.52. The van der Waals surface area contributed by atoms with E-state index in [9.17, 15) is 4.79 Å². The summed E-state index contributed by atoms with van der Waals surface area (Å²) in [6, 6.07) is 3.70. The molecule has 98 valence electrons. The average molecular weight is 249 g/mol. The number of rotatable bonds is 3. The van der Waals surface area contributed by atoms with Crippen molar-refractivity contribution in [3.63, 3.8) is 0 Å². The minimum Gasteiger partial charge on any atom is -0.482 e. The van der Waals surface area contributed by atoms with E-state index < -0.39 is 0 Å². The highest BCUT2D eigenvalue weighted by atomic mass is 16.5. The van der Waals surface area contributed by atoms with Gasteiger partial charge < -0.3 is 15.0 Å². The third kappa shape index (κ3) is 3.70. The Morgan fingerprint density at radius 3 is 3.11 bits per heavy atom. The van der Waals surface area contributed by atoms with Crippen molar-refractivity contribution in [2.24, 2.45) is 0 Å². The van der Waals surface area contributed by atoms with Crippen LogP contribution in [0.3, 0.4) is 0 Å². The lowest BCUT2D eigenvalue weighted by molar-refractivity contribution is -0.133. The van der Waals surface area contributed by atoms with Crippen LogP contribution >= 0.6 is 0 Å². The van der Waals surface area contributed by atoms with Crippen LogP contribution in [-0.4, -0.2) is 48.6 Å². The van der Waals surface area contributed by atoms with E-state index in [0.717, 1.165) is 38.3 Å². The van der Waals surface area contributed by atoms with Gasteiger partial charge in [-0.2, -0.15) is 0 Å². The van der Waals surface area contributed by atoms with Crippen LogP contribution in [0.5, 0.6) is 5.75 Å². The van der Waals surface area contributed by atoms with Gasteiger partial charge >= 0.3 is 0 Å². The Balaban J connectivity index is 1.81. The Hall–Kier alpha value is -1.62. The van der Waals surface area contributed by atoms with Crippen LogP contribution in [0.4, 0.5) is 0 Å². The van der Waals surface area contributed by atoms with E-state index in [1.54, 1.807) is 6.20 Å². The Morgan fingerprint density at radius 1 is 1.44 bits per heavy atom. The molecule has 0 aliphatic carbocycles. The summed E-state index contributed by atoms with van der Waals surface area (Å²) in [5, 5.41) is 3.27. The first-order chi connectivity index (χ1) is 8.75. The first-order valence-corrected chi connectivity index (χ1v) is 6.29. The second-order valence-corrected chi connectivity index (χ2v) is 4.41. The molecule has 1 aromatic rings. The minimum absolute atomic E-state index is 0.0410. The Bertz CT molecular complexity index is 384. The van der Waals surface area contributed by atoms with E-state index in [2.05, 4.69) is 10.3 Å². The van der Waals surface area contributed by atoms with Gasteiger partial charge in [0.2, 0.25) is 0 Å². The average Bonchev–Trinajstić information content (AvgIpc) is 2.66. The topological polar surface area (TPSA) is 54.5 Å². The highest BCUT2D eigenvalue weighted by Gasteiger charge is 2.15. The molecule has 2 rings (SSSR count). The van der Waals surface area contributed by atoms with Gasteiger partial charge in [0.15, 0.2) is 6.61 Å². The first kappa shape index (κ1) is 12.8. The molecule has 1 N–H and O–H groups in total. The van der Waals surface area contributed by atoms with Crippen molar-refractivity contribution >= 4 is 5.91 Å². The van der Waals surface area contributed by atoms with Crippen molar-refractivity contribution in [1.82, 2.24) is 15.2 Å². The highest BCUT2D eigenvalue weighted by molar-refractivity contribution is 5.77. The third-order valence-corrected chi connectivity index (χ3v) is 2.94. The Morgan fingerprint density at radius 2 is 2.33 bits per heavy atom. The van der Waals surface area contributed by atoms with Crippen LogP contribution in [0.2, 0.25) is 0 Å². The standard InChI is InChI=1S/C13H19N3O2/c1-11-3-4-12(9-15-11)18-10-13(17)16-7-2-5-14-6-8-16/h3-4,9,14H,2,5-8,10H2,1H3. The number of carbonyl (C=O) groups is 1. The van der Waals surface area contributed by atoms with Gasteiger partial charge in [-0.3, -0.25) is 9.78 Å². The molecule has 1 aromatic heterocycles. The lowest BCUT2D eigenvalue weighted by Gasteiger charge is -2.19. The van der Waals surface area contributed by atoms with E-state index in [1.165, 1.54) is 0 Å². The van der Waals surface area contributed by atoms with Crippen molar-refractivity contribution in [3.05, 3.63) is 24.0 Å². The van der Waals surface area contributed by atoms with Gasteiger partial charge in [-0.05, 0) is 32.0 Å². The van der Waals surface area contributed by atoms with E-state index in [4.69, 9.17) is 4.74 Å². The quantitative estimate of drug-likeness (QED) is 0.852. The monoisotopic (exact) mass is 249 g/mol. The third-order valence-electron chi connectivity index (χ3n) is 2.94. The maximum Gasteiger partial charge on any atom is 0.260 e. The molecule has 0 spiro atoms. The molecule has 0 saturated carbocycles. The summed E-state index contributed by atoms with van der Waals surface area (Å²) in [4.78, 5) is 17.9. The number of pyridine rings is 1. The zero-order valence-corrected chi connectivity index (χ0v) is 10.7. The van der Waals surface area contributed by atoms with Gasteiger partial charge in [0.05, 0.1) is 6.20 Å². The molecule has 18 heavy (non-hydrogen) atoms. The minimum atomic E-state index is 0.0410. The SMILES string of the molecule is Cc1ccc(OCC(=O)N2CCCNCC2)cn1. The number of nitrogens with zero attached hydrogens (tertiary/aromatic N) is 2. The number of hydrogen-bond donors (Lipinski definition) is 1. The number of aryl methyl sites for hydroxylation is 1. The molecule has 0 bridgehead atoms. The number of carbonyl (C=O) groups excluding carboxylic acids is 1. The van der Waals surface area contributed by atoms with Gasteiger partial charge in [-0.15, -0.1) is 0 Å². The fourth-order valence-corrected chi connectivity index (χ4v) is 1.87. The zero-order valence-electron chi connectivity index (χ0n) is 10.7. The summed E-state index contributed by atoms with van der Waals surface area (Å²) >= 11 is 0. The first-order valence-electron chi connectivity index (χ1n) is 6.29. The lowest BCUT2D eigenvalue weighted by Crippen LogP contribution is -2.37. The molecule has 1 aliphatic rings. The second-order valence-electron chi connectivity index (χ2n) is 4.41. The number of nitrogens with one attached hydrogen (secondary N) is 1. The summed E-state index contributed by atoms with van der Waals surface area (Å²) in [6.45, 7) is 5.41. The molecule has 5 heteroatoms. The predicted molar refractivity (Wildman–Crippen MR) is 68.5 cm³/mol. The largest absolute Gasteiger partial charge is 0.482 e. The van der Waals surface area contributed by atoms with Gasteiger partial charge in [-0.25, -0.2) is 0 Å². The smallest absolute Gasteiger partial charge is 0.260 e. The van der Waals surface area contributed by atoms with Crippen LogP contribution in [0.15, 0.2) is 18.3 Å². The summed E-state index contributed by atoms with van der Waals surface area (Å²) in [5.74, 6) is 0.682. The molecule has 0 radical (unpaired) electrons. The number of ether oxygens (including phenoxy) is 1. The number of amides is 1. The van der Waals surface area contributed by atoms with E-state index in [-0.39, 0.29) is 12.5 Å². The van der Waals surface area contributed by atoms with Crippen LogP contribution in [0, 0.1) is 6.92 Å². The Labute approximate surface area is 107 Å². The van der Waals surface area contributed by atoms with Crippen LogP contribution < -0.4 is 10.1 Å². The van der Waals surface area contributed by atoms with Crippen LogP contribution in [0.25, 0.3) is 0 Å². The van der Waals surface area contributed by atoms with Gasteiger partial charge in [-0.1, -0.05) is 0 Å². The molecule has 1 aliphatic heterocycles. The molecular formula is C13H19N3O2. The molecule has 0 aromatic carbocycles. The fraction of sp³-hybridized carbons (Fsp3) is 0.538. The normalized spacial score (nSPS) is 16.2. The maximum atomic E-state index is 11.9. The number of hydrogen-bond acceptors (Lipinski definition) is 4. The highest BCUT2D eigenvalue weighted by Crippen LogP contribution is 2.08. The predicted octanol–water partition coefficient (Wildman–Crippen LogP) is 0.591. The van der Waals surface area contributed by atoms with Crippen LogP contribution in [-0.2, 0) is 4.79 Å². The van der Waals surface area contributed by atoms with E-state index >= 15 is 0 Å². The van der Waals surface area contributed by atoms with Crippen molar-refractivity contribution < 1.29 is 9.53 Å². The molecule has 0 unspecified atom stereocenters. The van der Waals surface area contributed by atoms with Crippen molar-refractivity contribution in [2.45, 2.75) is 13.3 Å². The molecular weight excluding hydrogens is 230 g/mol. The van der Waals surface area contributed by atoms with Crippen molar-refractivity contribution in [1.29, 1.82) is 0 Å². The lowest BCUT2D eigenvalue weighted by atomic mass is 10.3.